The summed E-state index contributed by atoms with van der Waals surface area (Å²) in [6.07, 6.45) is 5.14. The van der Waals surface area contributed by atoms with E-state index in [9.17, 15) is 9.59 Å². The number of hydrogen-bond donors (Lipinski definition) is 0. The molecule has 6 heteroatoms. The smallest absolute Gasteiger partial charge is 0.326 e. The minimum absolute atomic E-state index is 0.0763. The third-order valence-corrected chi connectivity index (χ3v) is 5.65. The highest BCUT2D eigenvalue weighted by molar-refractivity contribution is 7.18. The average molecular weight is 334 g/mol. The molecule has 23 heavy (non-hydrogen) atoms. The van der Waals surface area contributed by atoms with Gasteiger partial charge >= 0.3 is 5.97 Å². The number of fused-ring (bicyclic) bond motifs is 3. The van der Waals surface area contributed by atoms with Crippen molar-refractivity contribution in [3.05, 3.63) is 27.1 Å². The van der Waals surface area contributed by atoms with Crippen LogP contribution in [0, 0.1) is 5.92 Å². The number of nitrogens with zero attached hydrogens (tertiary/aromatic N) is 2. The van der Waals surface area contributed by atoms with Crippen LogP contribution in [-0.4, -0.2) is 21.6 Å². The third kappa shape index (κ3) is 3.17. The van der Waals surface area contributed by atoms with E-state index >= 15 is 0 Å². The molecule has 0 saturated heterocycles. The van der Waals surface area contributed by atoms with Crippen molar-refractivity contribution in [3.8, 4) is 0 Å². The lowest BCUT2D eigenvalue weighted by atomic mass is 9.89. The van der Waals surface area contributed by atoms with Crippen molar-refractivity contribution in [1.82, 2.24) is 9.55 Å². The second-order valence-electron chi connectivity index (χ2n) is 6.42. The standard InChI is InChI=1S/C17H22N2O3S/c1-4-11(3)22-14(20)8-19-9-18-16-15(17(19)21)12-6-5-10(2)7-13(12)23-16/h9-11H,4-8H2,1-3H3/t10-,11-/m0/s1. The van der Waals surface area contributed by atoms with Gasteiger partial charge in [-0.25, -0.2) is 4.98 Å². The molecule has 0 spiro atoms. The summed E-state index contributed by atoms with van der Waals surface area (Å²) in [4.78, 5) is 31.2. The van der Waals surface area contributed by atoms with E-state index in [1.54, 1.807) is 11.3 Å². The van der Waals surface area contributed by atoms with Crippen molar-refractivity contribution in [2.24, 2.45) is 5.92 Å². The molecule has 5 nitrogen and oxygen atoms in total. The van der Waals surface area contributed by atoms with E-state index in [-0.39, 0.29) is 24.2 Å². The molecule has 0 unspecified atom stereocenters. The summed E-state index contributed by atoms with van der Waals surface area (Å²) in [6.45, 7) is 5.96. The zero-order valence-corrected chi connectivity index (χ0v) is 14.6. The molecule has 2 heterocycles. The fourth-order valence-corrected chi connectivity index (χ4v) is 4.30. The summed E-state index contributed by atoms with van der Waals surface area (Å²) >= 11 is 1.62. The van der Waals surface area contributed by atoms with Crippen LogP contribution < -0.4 is 5.56 Å². The zero-order chi connectivity index (χ0) is 16.6. The molecule has 3 rings (SSSR count). The van der Waals surface area contributed by atoms with E-state index < -0.39 is 0 Å². The number of hydrogen-bond acceptors (Lipinski definition) is 5. The van der Waals surface area contributed by atoms with E-state index in [0.717, 1.165) is 36.1 Å². The van der Waals surface area contributed by atoms with E-state index in [2.05, 4.69) is 11.9 Å². The minimum Gasteiger partial charge on any atom is -0.461 e. The molecular weight excluding hydrogens is 312 g/mol. The molecule has 0 amide bonds. The minimum atomic E-state index is -0.389. The van der Waals surface area contributed by atoms with Crippen LogP contribution in [0.1, 0.15) is 44.1 Å². The van der Waals surface area contributed by atoms with Crippen molar-refractivity contribution in [3.63, 3.8) is 0 Å². The highest BCUT2D eigenvalue weighted by Crippen LogP contribution is 2.35. The Morgan fingerprint density at radius 2 is 2.35 bits per heavy atom. The van der Waals surface area contributed by atoms with Gasteiger partial charge in [0.15, 0.2) is 0 Å². The SMILES string of the molecule is CC[C@H](C)OC(=O)Cn1cnc2sc3c(c2c1=O)CC[C@H](C)C3. The number of carbonyl (C=O) groups is 1. The largest absolute Gasteiger partial charge is 0.461 e. The fraction of sp³-hybridized carbons (Fsp3) is 0.588. The second-order valence-corrected chi connectivity index (χ2v) is 7.50. The maximum absolute atomic E-state index is 12.8. The first-order chi connectivity index (χ1) is 11.0. The predicted octanol–water partition coefficient (Wildman–Crippen LogP) is 2.92. The van der Waals surface area contributed by atoms with Crippen molar-refractivity contribution in [2.45, 2.75) is 59.1 Å². The molecule has 0 fully saturated rings. The lowest BCUT2D eigenvalue weighted by Crippen LogP contribution is -2.27. The molecule has 2 aromatic rings. The Labute approximate surface area is 139 Å². The van der Waals surface area contributed by atoms with Gasteiger partial charge in [0.05, 0.1) is 17.8 Å². The Morgan fingerprint density at radius 1 is 1.57 bits per heavy atom. The number of ether oxygens (including phenoxy) is 1. The summed E-state index contributed by atoms with van der Waals surface area (Å²) < 4.78 is 6.63. The summed E-state index contributed by atoms with van der Waals surface area (Å²) in [7, 11) is 0. The fourth-order valence-electron chi connectivity index (χ4n) is 2.96. The van der Waals surface area contributed by atoms with Gasteiger partial charge < -0.3 is 4.74 Å². The van der Waals surface area contributed by atoms with Crippen LogP contribution in [0.5, 0.6) is 0 Å². The Hall–Kier alpha value is -1.69. The van der Waals surface area contributed by atoms with E-state index in [1.807, 2.05) is 13.8 Å². The molecule has 0 N–H and O–H groups in total. The van der Waals surface area contributed by atoms with E-state index in [1.165, 1.54) is 15.8 Å². The van der Waals surface area contributed by atoms with Crippen LogP contribution in [-0.2, 0) is 28.9 Å². The number of aryl methyl sites for hydroxylation is 1. The van der Waals surface area contributed by atoms with Gasteiger partial charge in [-0.2, -0.15) is 0 Å². The van der Waals surface area contributed by atoms with Crippen LogP contribution in [0.4, 0.5) is 0 Å². The first-order valence-corrected chi connectivity index (χ1v) is 9.00. The van der Waals surface area contributed by atoms with Crippen LogP contribution in [0.25, 0.3) is 10.2 Å². The summed E-state index contributed by atoms with van der Waals surface area (Å²) in [5, 5.41) is 0.704. The van der Waals surface area contributed by atoms with Gasteiger partial charge in [0, 0.05) is 4.88 Å². The molecule has 0 radical (unpaired) electrons. The molecule has 1 aliphatic rings. The summed E-state index contributed by atoms with van der Waals surface area (Å²) in [6, 6.07) is 0. The molecule has 2 atom stereocenters. The average Bonchev–Trinajstić information content (AvgIpc) is 2.88. The Kier molecular flexibility index (Phi) is 4.53. The third-order valence-electron chi connectivity index (χ3n) is 4.49. The topological polar surface area (TPSA) is 61.2 Å². The molecule has 0 aromatic carbocycles. The van der Waals surface area contributed by atoms with Crippen LogP contribution in [0.3, 0.4) is 0 Å². The second kappa shape index (κ2) is 6.43. The zero-order valence-electron chi connectivity index (χ0n) is 13.8. The van der Waals surface area contributed by atoms with Crippen molar-refractivity contribution in [2.75, 3.05) is 0 Å². The molecule has 0 saturated carbocycles. The number of aromatic nitrogens is 2. The number of thiophene rings is 1. The normalized spacial score (nSPS) is 18.7. The van der Waals surface area contributed by atoms with E-state index in [4.69, 9.17) is 4.74 Å². The van der Waals surface area contributed by atoms with E-state index in [0.29, 0.717) is 11.3 Å². The lowest BCUT2D eigenvalue weighted by molar-refractivity contribution is -0.149. The van der Waals surface area contributed by atoms with Gasteiger partial charge in [0.1, 0.15) is 11.4 Å². The molecule has 1 aliphatic carbocycles. The van der Waals surface area contributed by atoms with Crippen LogP contribution in [0.2, 0.25) is 0 Å². The van der Waals surface area contributed by atoms with Gasteiger partial charge in [-0.15, -0.1) is 11.3 Å². The highest BCUT2D eigenvalue weighted by Gasteiger charge is 2.23. The monoisotopic (exact) mass is 334 g/mol. The highest BCUT2D eigenvalue weighted by atomic mass is 32.1. The summed E-state index contributed by atoms with van der Waals surface area (Å²) in [5.41, 5.74) is 1.02. The Bertz CT molecular complexity index is 793. The quantitative estimate of drug-likeness (QED) is 0.807. The summed E-state index contributed by atoms with van der Waals surface area (Å²) in [5.74, 6) is 0.267. The molecule has 2 aromatic heterocycles. The van der Waals surface area contributed by atoms with Crippen LogP contribution in [0.15, 0.2) is 11.1 Å². The molecular formula is C17H22N2O3S. The number of carbonyl (C=O) groups excluding carboxylic acids is 1. The van der Waals surface area contributed by atoms with Gasteiger partial charge in [0.2, 0.25) is 0 Å². The van der Waals surface area contributed by atoms with Gasteiger partial charge in [0.25, 0.3) is 5.56 Å². The van der Waals surface area contributed by atoms with Gasteiger partial charge in [-0.05, 0) is 44.1 Å². The Morgan fingerprint density at radius 3 is 3.09 bits per heavy atom. The molecule has 0 bridgehead atoms. The maximum atomic E-state index is 12.8. The van der Waals surface area contributed by atoms with Crippen molar-refractivity contribution < 1.29 is 9.53 Å². The lowest BCUT2D eigenvalue weighted by Gasteiger charge is -2.17. The number of rotatable bonds is 4. The molecule has 124 valence electrons. The number of esters is 1. The first kappa shape index (κ1) is 16.2. The van der Waals surface area contributed by atoms with Crippen molar-refractivity contribution >= 4 is 27.5 Å². The first-order valence-electron chi connectivity index (χ1n) is 8.18. The Balaban J connectivity index is 1.93. The van der Waals surface area contributed by atoms with Crippen molar-refractivity contribution in [1.29, 1.82) is 0 Å². The van der Waals surface area contributed by atoms with Gasteiger partial charge in [-0.3, -0.25) is 14.2 Å². The van der Waals surface area contributed by atoms with Crippen LogP contribution >= 0.6 is 11.3 Å². The maximum Gasteiger partial charge on any atom is 0.326 e. The van der Waals surface area contributed by atoms with Gasteiger partial charge in [-0.1, -0.05) is 13.8 Å². The predicted molar refractivity (Wildman–Crippen MR) is 90.9 cm³/mol. The molecule has 0 aliphatic heterocycles.